The number of aromatic nitrogens is 2. The van der Waals surface area contributed by atoms with Crippen molar-refractivity contribution in [1.82, 2.24) is 19.8 Å². The lowest BCUT2D eigenvalue weighted by Gasteiger charge is -2.30. The Hall–Kier alpha value is -1.85. The van der Waals surface area contributed by atoms with Crippen LogP contribution in [0.1, 0.15) is 56.2 Å². The molecule has 1 aromatic heterocycles. The molecule has 3 rings (SSSR count). The molecule has 0 saturated carbocycles. The third-order valence-electron chi connectivity index (χ3n) is 5.17. The monoisotopic (exact) mass is 332 g/mol. The standard InChI is InChI=1S/C18H28N4O2/c1-12(2)20-17(23)14-4-5-15-16(19-11-22(15)10-14)18(24)21-8-6-13(3)7-9-21/h11-14H,4-10H2,1-3H3,(H,20,23). The van der Waals surface area contributed by atoms with E-state index in [0.29, 0.717) is 18.2 Å². The summed E-state index contributed by atoms with van der Waals surface area (Å²) in [5.74, 6) is 0.820. The molecular weight excluding hydrogens is 304 g/mol. The summed E-state index contributed by atoms with van der Waals surface area (Å²) in [6.07, 6.45) is 5.38. The Balaban J connectivity index is 1.69. The zero-order chi connectivity index (χ0) is 17.3. The van der Waals surface area contributed by atoms with Gasteiger partial charge in [0.1, 0.15) is 5.69 Å². The van der Waals surface area contributed by atoms with Crippen LogP contribution in [0.2, 0.25) is 0 Å². The highest BCUT2D eigenvalue weighted by molar-refractivity contribution is 5.93. The topological polar surface area (TPSA) is 67.2 Å². The molecule has 1 unspecified atom stereocenters. The third-order valence-corrected chi connectivity index (χ3v) is 5.17. The van der Waals surface area contributed by atoms with Crippen LogP contribution in [0.3, 0.4) is 0 Å². The molecule has 6 heteroatoms. The smallest absolute Gasteiger partial charge is 0.274 e. The minimum atomic E-state index is -0.0344. The van der Waals surface area contributed by atoms with Crippen molar-refractivity contribution in [1.29, 1.82) is 0 Å². The first-order valence-electron chi connectivity index (χ1n) is 9.09. The van der Waals surface area contributed by atoms with E-state index in [9.17, 15) is 9.59 Å². The van der Waals surface area contributed by atoms with Gasteiger partial charge in [0.25, 0.3) is 5.91 Å². The van der Waals surface area contributed by atoms with E-state index in [-0.39, 0.29) is 23.8 Å². The van der Waals surface area contributed by atoms with Crippen LogP contribution in [0.5, 0.6) is 0 Å². The zero-order valence-electron chi connectivity index (χ0n) is 14.9. The van der Waals surface area contributed by atoms with Crippen molar-refractivity contribution in [3.05, 3.63) is 17.7 Å². The molecule has 0 spiro atoms. The maximum atomic E-state index is 12.8. The largest absolute Gasteiger partial charge is 0.354 e. The first-order valence-corrected chi connectivity index (χ1v) is 9.09. The van der Waals surface area contributed by atoms with Crippen molar-refractivity contribution < 1.29 is 9.59 Å². The molecule has 0 bridgehead atoms. The van der Waals surface area contributed by atoms with E-state index in [4.69, 9.17) is 0 Å². The quantitative estimate of drug-likeness (QED) is 0.918. The van der Waals surface area contributed by atoms with Gasteiger partial charge in [0.05, 0.1) is 17.9 Å². The summed E-state index contributed by atoms with van der Waals surface area (Å²) in [5.41, 5.74) is 1.58. The highest BCUT2D eigenvalue weighted by Crippen LogP contribution is 2.25. The lowest BCUT2D eigenvalue weighted by Crippen LogP contribution is -2.40. The van der Waals surface area contributed by atoms with Gasteiger partial charge < -0.3 is 14.8 Å². The fourth-order valence-electron chi connectivity index (χ4n) is 3.62. The molecule has 0 aromatic carbocycles. The van der Waals surface area contributed by atoms with E-state index >= 15 is 0 Å². The summed E-state index contributed by atoms with van der Waals surface area (Å²) in [6.45, 7) is 8.45. The van der Waals surface area contributed by atoms with Gasteiger partial charge in [0.2, 0.25) is 5.91 Å². The van der Waals surface area contributed by atoms with Gasteiger partial charge in [0, 0.05) is 25.7 Å². The zero-order valence-corrected chi connectivity index (χ0v) is 14.9. The summed E-state index contributed by atoms with van der Waals surface area (Å²) in [5, 5.41) is 2.98. The van der Waals surface area contributed by atoms with Gasteiger partial charge in [-0.3, -0.25) is 9.59 Å². The van der Waals surface area contributed by atoms with Crippen molar-refractivity contribution >= 4 is 11.8 Å². The Morgan fingerprint density at radius 3 is 2.62 bits per heavy atom. The van der Waals surface area contributed by atoms with Crippen LogP contribution in [0.25, 0.3) is 0 Å². The van der Waals surface area contributed by atoms with Gasteiger partial charge in [-0.2, -0.15) is 0 Å². The summed E-state index contributed by atoms with van der Waals surface area (Å²) < 4.78 is 1.99. The lowest BCUT2D eigenvalue weighted by molar-refractivity contribution is -0.126. The number of imidazole rings is 1. The van der Waals surface area contributed by atoms with Crippen LogP contribution in [0, 0.1) is 11.8 Å². The number of piperidine rings is 1. The Labute approximate surface area is 143 Å². The molecule has 0 aliphatic carbocycles. The van der Waals surface area contributed by atoms with Crippen LogP contribution < -0.4 is 5.32 Å². The molecule has 0 radical (unpaired) electrons. The minimum Gasteiger partial charge on any atom is -0.354 e. The fourth-order valence-corrected chi connectivity index (χ4v) is 3.62. The SMILES string of the molecule is CC1CCN(C(=O)c2ncn3c2CCC(C(=O)NC(C)C)C3)CC1. The summed E-state index contributed by atoms with van der Waals surface area (Å²) >= 11 is 0. The molecule has 1 atom stereocenters. The van der Waals surface area contributed by atoms with Gasteiger partial charge in [-0.1, -0.05) is 6.92 Å². The van der Waals surface area contributed by atoms with E-state index in [1.165, 1.54) is 0 Å². The number of nitrogens with zero attached hydrogens (tertiary/aromatic N) is 3. The van der Waals surface area contributed by atoms with Crippen LogP contribution in [-0.4, -0.2) is 45.4 Å². The average molecular weight is 332 g/mol. The third kappa shape index (κ3) is 3.47. The van der Waals surface area contributed by atoms with Crippen molar-refractivity contribution in [2.24, 2.45) is 11.8 Å². The molecule has 132 valence electrons. The Kier molecular flexibility index (Phi) is 4.92. The molecule has 2 aliphatic heterocycles. The van der Waals surface area contributed by atoms with Crippen LogP contribution >= 0.6 is 0 Å². The molecule has 2 aliphatic rings. The van der Waals surface area contributed by atoms with Crippen LogP contribution in [-0.2, 0) is 17.8 Å². The minimum absolute atomic E-state index is 0.0344. The molecular formula is C18H28N4O2. The van der Waals surface area contributed by atoms with Gasteiger partial charge in [-0.25, -0.2) is 4.98 Å². The molecule has 1 saturated heterocycles. The van der Waals surface area contributed by atoms with E-state index in [2.05, 4.69) is 17.2 Å². The Bertz CT molecular complexity index is 615. The highest BCUT2D eigenvalue weighted by atomic mass is 16.2. The summed E-state index contributed by atoms with van der Waals surface area (Å²) in [6, 6.07) is 0.153. The van der Waals surface area contributed by atoms with Crippen LogP contribution in [0.15, 0.2) is 6.33 Å². The van der Waals surface area contributed by atoms with Gasteiger partial charge in [-0.05, 0) is 45.4 Å². The van der Waals surface area contributed by atoms with Gasteiger partial charge in [-0.15, -0.1) is 0 Å². The second kappa shape index (κ2) is 6.95. The molecule has 1 N–H and O–H groups in total. The number of amides is 2. The van der Waals surface area contributed by atoms with Crippen molar-refractivity contribution in [3.8, 4) is 0 Å². The van der Waals surface area contributed by atoms with E-state index < -0.39 is 0 Å². The number of likely N-dealkylation sites (tertiary alicyclic amines) is 1. The number of hydrogen-bond donors (Lipinski definition) is 1. The predicted molar refractivity (Wildman–Crippen MR) is 91.6 cm³/mol. The maximum absolute atomic E-state index is 12.8. The number of carbonyl (C=O) groups excluding carboxylic acids is 2. The maximum Gasteiger partial charge on any atom is 0.274 e. The van der Waals surface area contributed by atoms with Gasteiger partial charge >= 0.3 is 0 Å². The second-order valence-electron chi connectivity index (χ2n) is 7.57. The van der Waals surface area contributed by atoms with E-state index in [0.717, 1.165) is 44.5 Å². The molecule has 1 aromatic rings. The highest BCUT2D eigenvalue weighted by Gasteiger charge is 2.31. The predicted octanol–water partition coefficient (Wildman–Crippen LogP) is 1.84. The fraction of sp³-hybridized carbons (Fsp3) is 0.722. The lowest BCUT2D eigenvalue weighted by atomic mass is 9.95. The molecule has 24 heavy (non-hydrogen) atoms. The average Bonchev–Trinajstić information content (AvgIpc) is 2.97. The molecule has 6 nitrogen and oxygen atoms in total. The number of carbonyl (C=O) groups is 2. The van der Waals surface area contributed by atoms with Crippen molar-refractivity contribution in [2.45, 2.75) is 59.0 Å². The number of nitrogens with one attached hydrogen (secondary N) is 1. The first kappa shape index (κ1) is 17.0. The van der Waals surface area contributed by atoms with Gasteiger partial charge in [0.15, 0.2) is 0 Å². The first-order chi connectivity index (χ1) is 11.5. The normalized spacial score (nSPS) is 21.7. The summed E-state index contributed by atoms with van der Waals surface area (Å²) in [4.78, 5) is 31.3. The second-order valence-corrected chi connectivity index (χ2v) is 7.57. The van der Waals surface area contributed by atoms with E-state index in [1.54, 1.807) is 6.33 Å². The van der Waals surface area contributed by atoms with Crippen molar-refractivity contribution in [3.63, 3.8) is 0 Å². The van der Waals surface area contributed by atoms with Crippen LogP contribution in [0.4, 0.5) is 0 Å². The van der Waals surface area contributed by atoms with Crippen molar-refractivity contribution in [2.75, 3.05) is 13.1 Å². The summed E-state index contributed by atoms with van der Waals surface area (Å²) in [7, 11) is 0. The Morgan fingerprint density at radius 2 is 1.96 bits per heavy atom. The number of hydrogen-bond acceptors (Lipinski definition) is 3. The molecule has 3 heterocycles. The number of rotatable bonds is 3. The Morgan fingerprint density at radius 1 is 1.25 bits per heavy atom. The van der Waals surface area contributed by atoms with E-state index in [1.807, 2.05) is 23.3 Å². The number of fused-ring (bicyclic) bond motifs is 1. The molecule has 1 fully saturated rings. The molecule has 2 amide bonds.